The summed E-state index contributed by atoms with van der Waals surface area (Å²) in [6.45, 7) is 7.09. The number of aryl methyl sites for hydroxylation is 2. The Kier molecular flexibility index (Phi) is 3.86. The van der Waals surface area contributed by atoms with Crippen molar-refractivity contribution in [2.24, 2.45) is 0 Å². The molecule has 17 heavy (non-hydrogen) atoms. The van der Waals surface area contributed by atoms with Crippen molar-refractivity contribution in [2.75, 3.05) is 0 Å². The van der Waals surface area contributed by atoms with Gasteiger partial charge in [-0.25, -0.2) is 4.98 Å². The largest absolute Gasteiger partial charge is 0.304 e. The van der Waals surface area contributed by atoms with Crippen molar-refractivity contribution in [2.45, 2.75) is 33.4 Å². The zero-order valence-corrected chi connectivity index (χ0v) is 11.2. The van der Waals surface area contributed by atoms with Gasteiger partial charge in [0.1, 0.15) is 0 Å². The van der Waals surface area contributed by atoms with E-state index in [1.165, 1.54) is 4.88 Å². The Labute approximate surface area is 106 Å². The van der Waals surface area contributed by atoms with Crippen LogP contribution < -0.4 is 5.32 Å². The monoisotopic (exact) mass is 247 g/mol. The van der Waals surface area contributed by atoms with E-state index in [9.17, 15) is 0 Å². The van der Waals surface area contributed by atoms with Crippen molar-refractivity contribution in [3.63, 3.8) is 0 Å². The number of nitrogens with zero attached hydrogens (tertiary/aromatic N) is 2. The molecule has 90 valence electrons. The second-order valence-corrected chi connectivity index (χ2v) is 5.39. The van der Waals surface area contributed by atoms with Crippen LogP contribution in [0.15, 0.2) is 24.4 Å². The first-order valence-corrected chi connectivity index (χ1v) is 6.55. The van der Waals surface area contributed by atoms with Gasteiger partial charge in [-0.3, -0.25) is 4.98 Å². The highest BCUT2D eigenvalue weighted by molar-refractivity contribution is 7.11. The van der Waals surface area contributed by atoms with E-state index in [0.717, 1.165) is 22.9 Å². The van der Waals surface area contributed by atoms with Crippen molar-refractivity contribution >= 4 is 11.3 Å². The summed E-state index contributed by atoms with van der Waals surface area (Å²) in [5.41, 5.74) is 2.21. The molecule has 0 spiro atoms. The van der Waals surface area contributed by atoms with Gasteiger partial charge in [-0.2, -0.15) is 0 Å². The predicted octanol–water partition coefficient (Wildman–Crippen LogP) is 3.01. The summed E-state index contributed by atoms with van der Waals surface area (Å²) in [5, 5.41) is 4.61. The lowest BCUT2D eigenvalue weighted by atomic mass is 10.2. The van der Waals surface area contributed by atoms with E-state index in [0.29, 0.717) is 0 Å². The third kappa shape index (κ3) is 3.11. The molecule has 0 aliphatic heterocycles. The topological polar surface area (TPSA) is 37.8 Å². The molecule has 4 heteroatoms. The molecule has 0 radical (unpaired) electrons. The van der Waals surface area contributed by atoms with E-state index in [1.807, 2.05) is 31.3 Å². The Bertz CT molecular complexity index is 479. The maximum absolute atomic E-state index is 4.42. The number of hydrogen-bond donors (Lipinski definition) is 1. The molecule has 2 aromatic rings. The number of thiazole rings is 1. The molecule has 0 fully saturated rings. The minimum Gasteiger partial charge on any atom is -0.304 e. The molecule has 0 amide bonds. The minimum atomic E-state index is 0.262. The summed E-state index contributed by atoms with van der Waals surface area (Å²) in [7, 11) is 0. The van der Waals surface area contributed by atoms with E-state index >= 15 is 0 Å². The van der Waals surface area contributed by atoms with E-state index in [2.05, 4.69) is 29.1 Å². The summed E-state index contributed by atoms with van der Waals surface area (Å²) in [5.74, 6) is 0. The van der Waals surface area contributed by atoms with Crippen molar-refractivity contribution in [3.05, 3.63) is 45.7 Å². The molecule has 0 saturated carbocycles. The van der Waals surface area contributed by atoms with E-state index in [-0.39, 0.29) is 6.04 Å². The third-order valence-electron chi connectivity index (χ3n) is 2.70. The smallest absolute Gasteiger partial charge is 0.0900 e. The maximum atomic E-state index is 4.42. The van der Waals surface area contributed by atoms with Crippen LogP contribution in [0.25, 0.3) is 0 Å². The first-order valence-electron chi connectivity index (χ1n) is 5.74. The van der Waals surface area contributed by atoms with Gasteiger partial charge in [0.05, 0.1) is 16.4 Å². The summed E-state index contributed by atoms with van der Waals surface area (Å²) < 4.78 is 0. The predicted molar refractivity (Wildman–Crippen MR) is 71.1 cm³/mol. The molecule has 2 aromatic heterocycles. The Morgan fingerprint density at radius 2 is 2.18 bits per heavy atom. The van der Waals surface area contributed by atoms with Gasteiger partial charge < -0.3 is 5.32 Å². The van der Waals surface area contributed by atoms with Crippen molar-refractivity contribution in [3.8, 4) is 0 Å². The highest BCUT2D eigenvalue weighted by Gasteiger charge is 2.08. The lowest BCUT2D eigenvalue weighted by molar-refractivity contribution is 0.564. The van der Waals surface area contributed by atoms with Gasteiger partial charge in [0.2, 0.25) is 0 Å². The van der Waals surface area contributed by atoms with Crippen LogP contribution in [0, 0.1) is 13.8 Å². The second kappa shape index (κ2) is 5.38. The Morgan fingerprint density at radius 1 is 1.35 bits per heavy atom. The van der Waals surface area contributed by atoms with Crippen LogP contribution in [-0.2, 0) is 6.54 Å². The summed E-state index contributed by atoms with van der Waals surface area (Å²) >= 11 is 1.76. The van der Waals surface area contributed by atoms with Crippen molar-refractivity contribution in [1.29, 1.82) is 0 Å². The molecule has 1 N–H and O–H groups in total. The number of aromatic nitrogens is 2. The highest BCUT2D eigenvalue weighted by Crippen LogP contribution is 2.18. The molecule has 0 saturated heterocycles. The van der Waals surface area contributed by atoms with E-state index in [1.54, 1.807) is 11.3 Å². The molecule has 0 aliphatic rings. The highest BCUT2D eigenvalue weighted by atomic mass is 32.1. The lowest BCUT2D eigenvalue weighted by Crippen LogP contribution is -2.18. The first kappa shape index (κ1) is 12.2. The fourth-order valence-electron chi connectivity index (χ4n) is 1.72. The van der Waals surface area contributed by atoms with Gasteiger partial charge >= 0.3 is 0 Å². The van der Waals surface area contributed by atoms with Crippen molar-refractivity contribution in [1.82, 2.24) is 15.3 Å². The number of pyridine rings is 1. The van der Waals surface area contributed by atoms with Gasteiger partial charge in [-0.1, -0.05) is 6.07 Å². The van der Waals surface area contributed by atoms with E-state index < -0.39 is 0 Å². The molecule has 1 atom stereocenters. The fourth-order valence-corrected chi connectivity index (χ4v) is 2.61. The lowest BCUT2D eigenvalue weighted by Gasteiger charge is -2.12. The maximum Gasteiger partial charge on any atom is 0.0900 e. The van der Waals surface area contributed by atoms with Gasteiger partial charge in [0.15, 0.2) is 0 Å². The molecular weight excluding hydrogens is 230 g/mol. The van der Waals surface area contributed by atoms with Gasteiger partial charge in [0.25, 0.3) is 0 Å². The number of hydrogen-bond acceptors (Lipinski definition) is 4. The van der Waals surface area contributed by atoms with Crippen LogP contribution in [0.1, 0.15) is 34.2 Å². The minimum absolute atomic E-state index is 0.262. The van der Waals surface area contributed by atoms with Crippen LogP contribution in [-0.4, -0.2) is 9.97 Å². The standard InChI is InChI=1S/C13H17N3S/c1-9(12-6-4-5-7-14-12)15-8-13-10(2)16-11(3)17-13/h4-7,9,15H,8H2,1-3H3/t9-/m1/s1. The van der Waals surface area contributed by atoms with Crippen LogP contribution >= 0.6 is 11.3 Å². The molecule has 0 unspecified atom stereocenters. The average Bonchev–Trinajstić information content (AvgIpc) is 2.66. The molecule has 2 rings (SSSR count). The Hall–Kier alpha value is -1.26. The molecular formula is C13H17N3S. The van der Waals surface area contributed by atoms with Gasteiger partial charge in [-0.05, 0) is 32.9 Å². The summed E-state index contributed by atoms with van der Waals surface area (Å²) in [6.07, 6.45) is 1.83. The van der Waals surface area contributed by atoms with Gasteiger partial charge in [0, 0.05) is 23.7 Å². The van der Waals surface area contributed by atoms with E-state index in [4.69, 9.17) is 0 Å². The first-order chi connectivity index (χ1) is 8.16. The fraction of sp³-hybridized carbons (Fsp3) is 0.385. The normalized spacial score (nSPS) is 12.6. The average molecular weight is 247 g/mol. The molecule has 0 bridgehead atoms. The van der Waals surface area contributed by atoms with Crippen LogP contribution in [0.2, 0.25) is 0 Å². The number of rotatable bonds is 4. The zero-order chi connectivity index (χ0) is 12.3. The Balaban J connectivity index is 1.97. The molecule has 2 heterocycles. The SMILES string of the molecule is Cc1nc(C)c(CN[C@H](C)c2ccccn2)s1. The Morgan fingerprint density at radius 3 is 2.76 bits per heavy atom. The van der Waals surface area contributed by atoms with Crippen LogP contribution in [0.4, 0.5) is 0 Å². The summed E-state index contributed by atoms with van der Waals surface area (Å²) in [4.78, 5) is 10.1. The van der Waals surface area contributed by atoms with Crippen molar-refractivity contribution < 1.29 is 0 Å². The van der Waals surface area contributed by atoms with Crippen LogP contribution in [0.5, 0.6) is 0 Å². The molecule has 0 aliphatic carbocycles. The molecule has 0 aromatic carbocycles. The second-order valence-electron chi connectivity index (χ2n) is 4.10. The third-order valence-corrected chi connectivity index (χ3v) is 3.77. The molecule has 3 nitrogen and oxygen atoms in total. The van der Waals surface area contributed by atoms with Crippen LogP contribution in [0.3, 0.4) is 0 Å². The van der Waals surface area contributed by atoms with Gasteiger partial charge in [-0.15, -0.1) is 11.3 Å². The number of nitrogens with one attached hydrogen (secondary N) is 1. The quantitative estimate of drug-likeness (QED) is 0.902. The zero-order valence-electron chi connectivity index (χ0n) is 10.4. The summed E-state index contributed by atoms with van der Waals surface area (Å²) in [6, 6.07) is 6.26.